The molecule has 1 aromatic carbocycles. The van der Waals surface area contributed by atoms with Crippen LogP contribution in [0, 0.1) is 6.92 Å². The van der Waals surface area contributed by atoms with Gasteiger partial charge in [0.05, 0.1) is 0 Å². The molecule has 0 amide bonds. The van der Waals surface area contributed by atoms with E-state index in [-0.39, 0.29) is 0 Å². The van der Waals surface area contributed by atoms with Crippen molar-refractivity contribution in [1.82, 2.24) is 5.32 Å². The van der Waals surface area contributed by atoms with Gasteiger partial charge in [-0.25, -0.2) is 0 Å². The summed E-state index contributed by atoms with van der Waals surface area (Å²) in [6.45, 7) is 7.72. The van der Waals surface area contributed by atoms with Gasteiger partial charge in [0.1, 0.15) is 0 Å². The zero-order valence-electron chi connectivity index (χ0n) is 11.3. The summed E-state index contributed by atoms with van der Waals surface area (Å²) in [4.78, 5) is 0. The van der Waals surface area contributed by atoms with Gasteiger partial charge in [-0.05, 0) is 37.6 Å². The van der Waals surface area contributed by atoms with Crippen molar-refractivity contribution in [1.29, 1.82) is 0 Å². The van der Waals surface area contributed by atoms with Gasteiger partial charge in [0, 0.05) is 11.8 Å². The van der Waals surface area contributed by atoms with Crippen molar-refractivity contribution in [3.63, 3.8) is 0 Å². The van der Waals surface area contributed by atoms with Crippen molar-refractivity contribution in [2.24, 2.45) is 0 Å². The fourth-order valence-electron chi connectivity index (χ4n) is 1.71. The predicted molar refractivity (Wildman–Crippen MR) is 79.7 cm³/mol. The number of thioether (sulfide) groups is 1. The Kier molecular flexibility index (Phi) is 7.38. The van der Waals surface area contributed by atoms with Crippen LogP contribution in [0.3, 0.4) is 0 Å². The van der Waals surface area contributed by atoms with Crippen LogP contribution in [0.2, 0.25) is 0 Å². The first-order valence-corrected chi connectivity index (χ1v) is 7.70. The molecule has 0 atom stereocenters. The van der Waals surface area contributed by atoms with Gasteiger partial charge in [-0.15, -0.1) is 0 Å². The van der Waals surface area contributed by atoms with Crippen molar-refractivity contribution >= 4 is 11.8 Å². The molecular weight excluding hydrogens is 226 g/mol. The lowest BCUT2D eigenvalue weighted by molar-refractivity contribution is 0.567. The number of benzene rings is 1. The highest BCUT2D eigenvalue weighted by molar-refractivity contribution is 7.98. The number of nitrogens with one attached hydrogen (secondary N) is 1. The van der Waals surface area contributed by atoms with Crippen molar-refractivity contribution in [2.75, 3.05) is 12.3 Å². The molecule has 0 radical (unpaired) electrons. The second-order valence-corrected chi connectivity index (χ2v) is 5.96. The molecule has 0 bridgehead atoms. The third kappa shape index (κ3) is 7.45. The van der Waals surface area contributed by atoms with Gasteiger partial charge < -0.3 is 5.32 Å². The van der Waals surface area contributed by atoms with E-state index in [9.17, 15) is 0 Å². The molecule has 0 aliphatic carbocycles. The van der Waals surface area contributed by atoms with Crippen LogP contribution >= 0.6 is 11.8 Å². The van der Waals surface area contributed by atoms with Crippen molar-refractivity contribution in [3.8, 4) is 0 Å². The van der Waals surface area contributed by atoms with Gasteiger partial charge in [-0.2, -0.15) is 11.8 Å². The molecule has 0 aliphatic heterocycles. The number of unbranched alkanes of at least 4 members (excludes halogenated alkanes) is 1. The number of hydrogen-bond donors (Lipinski definition) is 1. The second kappa shape index (κ2) is 8.60. The summed E-state index contributed by atoms with van der Waals surface area (Å²) in [5.74, 6) is 2.42. The number of rotatable bonds is 8. The molecule has 0 fully saturated rings. The molecule has 0 saturated carbocycles. The van der Waals surface area contributed by atoms with Gasteiger partial charge in [-0.1, -0.05) is 43.7 Å². The highest BCUT2D eigenvalue weighted by Gasteiger charge is 1.95. The first-order chi connectivity index (χ1) is 8.18. The van der Waals surface area contributed by atoms with E-state index >= 15 is 0 Å². The van der Waals surface area contributed by atoms with E-state index in [0.717, 1.165) is 12.3 Å². The Morgan fingerprint density at radius 2 is 2.06 bits per heavy atom. The van der Waals surface area contributed by atoms with E-state index in [1.807, 2.05) is 11.8 Å². The molecule has 0 aromatic heterocycles. The maximum atomic E-state index is 3.45. The zero-order valence-corrected chi connectivity index (χ0v) is 12.1. The van der Waals surface area contributed by atoms with Crippen LogP contribution in [-0.4, -0.2) is 18.3 Å². The number of hydrogen-bond acceptors (Lipinski definition) is 2. The largest absolute Gasteiger partial charge is 0.315 e. The minimum atomic E-state index is 0.620. The second-order valence-electron chi connectivity index (χ2n) is 4.86. The van der Waals surface area contributed by atoms with E-state index < -0.39 is 0 Å². The summed E-state index contributed by atoms with van der Waals surface area (Å²) in [5.41, 5.74) is 2.82. The smallest absolute Gasteiger partial charge is 0.0184 e. The highest BCUT2D eigenvalue weighted by atomic mass is 32.2. The molecule has 1 N–H and O–H groups in total. The fourth-order valence-corrected chi connectivity index (χ4v) is 2.68. The van der Waals surface area contributed by atoms with Crippen LogP contribution in [0.25, 0.3) is 0 Å². The lowest BCUT2D eigenvalue weighted by Crippen LogP contribution is -2.23. The van der Waals surface area contributed by atoms with Gasteiger partial charge in [0.2, 0.25) is 0 Å². The quantitative estimate of drug-likeness (QED) is 0.701. The summed E-state index contributed by atoms with van der Waals surface area (Å²) in [6.07, 6.45) is 2.61. The Labute approximate surface area is 110 Å². The molecule has 0 unspecified atom stereocenters. The van der Waals surface area contributed by atoms with Gasteiger partial charge in [0.25, 0.3) is 0 Å². The third-order valence-electron chi connectivity index (χ3n) is 2.62. The van der Waals surface area contributed by atoms with E-state index in [4.69, 9.17) is 0 Å². The first-order valence-electron chi connectivity index (χ1n) is 6.55. The third-order valence-corrected chi connectivity index (χ3v) is 3.73. The SMILES string of the molecule is Cc1cccc(CSCCCCNC(C)C)c1. The van der Waals surface area contributed by atoms with E-state index in [2.05, 4.69) is 50.4 Å². The highest BCUT2D eigenvalue weighted by Crippen LogP contribution is 2.14. The molecule has 17 heavy (non-hydrogen) atoms. The zero-order chi connectivity index (χ0) is 12.5. The minimum Gasteiger partial charge on any atom is -0.315 e. The summed E-state index contributed by atoms with van der Waals surface area (Å²) in [6, 6.07) is 9.44. The van der Waals surface area contributed by atoms with Crippen molar-refractivity contribution < 1.29 is 0 Å². The van der Waals surface area contributed by atoms with E-state index in [1.165, 1.54) is 29.7 Å². The standard InChI is InChI=1S/C15H25NS/c1-13(2)16-9-4-5-10-17-12-15-8-6-7-14(3)11-15/h6-8,11,13,16H,4-5,9-10,12H2,1-3H3. The van der Waals surface area contributed by atoms with Gasteiger partial charge >= 0.3 is 0 Å². The number of aryl methyl sites for hydroxylation is 1. The molecular formula is C15H25NS. The van der Waals surface area contributed by atoms with E-state index in [1.54, 1.807) is 0 Å². The van der Waals surface area contributed by atoms with Crippen molar-refractivity contribution in [3.05, 3.63) is 35.4 Å². The topological polar surface area (TPSA) is 12.0 Å². The van der Waals surface area contributed by atoms with Crippen molar-refractivity contribution in [2.45, 2.75) is 45.4 Å². The molecule has 0 saturated heterocycles. The Balaban J connectivity index is 2.01. The average molecular weight is 251 g/mol. The van der Waals surface area contributed by atoms with Crippen LogP contribution in [0.4, 0.5) is 0 Å². The maximum absolute atomic E-state index is 3.45. The lowest BCUT2D eigenvalue weighted by atomic mass is 10.2. The minimum absolute atomic E-state index is 0.620. The summed E-state index contributed by atoms with van der Waals surface area (Å²) >= 11 is 2.05. The monoisotopic (exact) mass is 251 g/mol. The van der Waals surface area contributed by atoms with Crippen LogP contribution in [0.15, 0.2) is 24.3 Å². The lowest BCUT2D eigenvalue weighted by Gasteiger charge is -2.07. The molecule has 96 valence electrons. The predicted octanol–water partition coefficient (Wildman–Crippen LogP) is 4.01. The van der Waals surface area contributed by atoms with Crippen LogP contribution < -0.4 is 5.32 Å². The molecule has 0 spiro atoms. The Morgan fingerprint density at radius 3 is 2.76 bits per heavy atom. The van der Waals surface area contributed by atoms with Crippen LogP contribution in [0.1, 0.15) is 37.8 Å². The molecule has 0 aliphatic rings. The summed E-state index contributed by atoms with van der Waals surface area (Å²) in [7, 11) is 0. The van der Waals surface area contributed by atoms with Crippen LogP contribution in [0.5, 0.6) is 0 Å². The maximum Gasteiger partial charge on any atom is 0.0184 e. The summed E-state index contributed by atoms with van der Waals surface area (Å²) < 4.78 is 0. The molecule has 1 rings (SSSR count). The Hall–Kier alpha value is -0.470. The molecule has 1 nitrogen and oxygen atoms in total. The van der Waals surface area contributed by atoms with Gasteiger partial charge in [0.15, 0.2) is 0 Å². The molecule has 2 heteroatoms. The molecule has 0 heterocycles. The average Bonchev–Trinajstić information content (AvgIpc) is 2.27. The summed E-state index contributed by atoms with van der Waals surface area (Å²) in [5, 5.41) is 3.45. The van der Waals surface area contributed by atoms with Crippen LogP contribution in [-0.2, 0) is 5.75 Å². The molecule has 1 aromatic rings. The first kappa shape index (κ1) is 14.6. The van der Waals surface area contributed by atoms with Gasteiger partial charge in [-0.3, -0.25) is 0 Å². The fraction of sp³-hybridized carbons (Fsp3) is 0.600. The van der Waals surface area contributed by atoms with E-state index in [0.29, 0.717) is 6.04 Å². The normalized spacial score (nSPS) is 11.1. The Bertz CT molecular complexity index is 310. The Morgan fingerprint density at radius 1 is 1.24 bits per heavy atom.